The molecule has 0 saturated heterocycles. The summed E-state index contributed by atoms with van der Waals surface area (Å²) in [7, 11) is 1.91. The average molecular weight is 393 g/mol. The standard InChI is InChI=1S/C22H24FN5O/c1-27(14-17-5-3-9-24-13-17)22-25-20-8-11-28(10-7-19(20)21(29)26-22)15-16-4-2-6-18(23)12-16/h2-6,9,12-13H,7-8,10-11,14-15H2,1H3,(H,25,26,29). The number of H-pyrrole nitrogens is 1. The highest BCUT2D eigenvalue weighted by atomic mass is 19.1. The molecule has 0 saturated carbocycles. The smallest absolute Gasteiger partial charge is 0.255 e. The molecule has 3 aromatic rings. The second kappa shape index (κ2) is 8.53. The second-order valence-corrected chi connectivity index (χ2v) is 7.44. The Kier molecular flexibility index (Phi) is 5.67. The van der Waals surface area contributed by atoms with E-state index in [4.69, 9.17) is 4.98 Å². The Hall–Kier alpha value is -3.06. The van der Waals surface area contributed by atoms with Crippen LogP contribution in [-0.2, 0) is 25.9 Å². The Balaban J connectivity index is 1.49. The van der Waals surface area contributed by atoms with Crippen molar-refractivity contribution in [1.29, 1.82) is 0 Å². The van der Waals surface area contributed by atoms with Crippen molar-refractivity contribution >= 4 is 5.95 Å². The first-order chi connectivity index (χ1) is 14.1. The molecule has 1 aliphatic heterocycles. The molecular formula is C22H24FN5O. The van der Waals surface area contributed by atoms with Crippen molar-refractivity contribution in [2.75, 3.05) is 25.0 Å². The number of benzene rings is 1. The van der Waals surface area contributed by atoms with Gasteiger partial charge in [-0.15, -0.1) is 0 Å². The van der Waals surface area contributed by atoms with Crippen LogP contribution in [-0.4, -0.2) is 40.0 Å². The topological polar surface area (TPSA) is 65.1 Å². The predicted octanol–water partition coefficient (Wildman–Crippen LogP) is 2.54. The molecule has 0 unspecified atom stereocenters. The predicted molar refractivity (Wildman–Crippen MR) is 110 cm³/mol. The number of nitrogens with zero attached hydrogens (tertiary/aromatic N) is 4. The summed E-state index contributed by atoms with van der Waals surface area (Å²) in [4.78, 5) is 28.7. The van der Waals surface area contributed by atoms with Gasteiger partial charge in [0, 0.05) is 57.6 Å². The number of hydrogen-bond acceptors (Lipinski definition) is 5. The molecule has 0 amide bonds. The van der Waals surface area contributed by atoms with Gasteiger partial charge in [0.05, 0.1) is 5.69 Å². The molecule has 7 heteroatoms. The summed E-state index contributed by atoms with van der Waals surface area (Å²) in [5.41, 5.74) is 3.52. The van der Waals surface area contributed by atoms with Crippen LogP contribution in [0.3, 0.4) is 0 Å². The lowest BCUT2D eigenvalue weighted by molar-refractivity contribution is 0.278. The lowest BCUT2D eigenvalue weighted by Gasteiger charge is -2.19. The minimum Gasteiger partial charge on any atom is -0.341 e. The highest BCUT2D eigenvalue weighted by Gasteiger charge is 2.20. The van der Waals surface area contributed by atoms with Gasteiger partial charge in [-0.3, -0.25) is 19.7 Å². The maximum Gasteiger partial charge on any atom is 0.255 e. The number of hydrogen-bond donors (Lipinski definition) is 1. The summed E-state index contributed by atoms with van der Waals surface area (Å²) >= 11 is 0. The van der Waals surface area contributed by atoms with E-state index in [1.54, 1.807) is 18.3 Å². The SMILES string of the molecule is CN(Cc1cccnc1)c1nc2c(c(=O)[nH]1)CCN(Cc1cccc(F)c1)CC2. The molecule has 6 nitrogen and oxygen atoms in total. The fourth-order valence-corrected chi connectivity index (χ4v) is 3.71. The van der Waals surface area contributed by atoms with Crippen molar-refractivity contribution < 1.29 is 4.39 Å². The van der Waals surface area contributed by atoms with E-state index >= 15 is 0 Å². The average Bonchev–Trinajstić information content (AvgIpc) is 2.91. The van der Waals surface area contributed by atoms with E-state index in [0.717, 1.165) is 35.5 Å². The first-order valence-corrected chi connectivity index (χ1v) is 9.77. The Morgan fingerprint density at radius 2 is 2.00 bits per heavy atom. The molecule has 2 aromatic heterocycles. The Labute approximate surface area is 169 Å². The molecular weight excluding hydrogens is 369 g/mol. The summed E-state index contributed by atoms with van der Waals surface area (Å²) in [6.07, 6.45) is 4.88. The number of rotatable bonds is 5. The van der Waals surface area contributed by atoms with Gasteiger partial charge >= 0.3 is 0 Å². The summed E-state index contributed by atoms with van der Waals surface area (Å²) in [5, 5.41) is 0. The Morgan fingerprint density at radius 1 is 1.17 bits per heavy atom. The summed E-state index contributed by atoms with van der Waals surface area (Å²) < 4.78 is 13.5. The van der Waals surface area contributed by atoms with Crippen LogP contribution in [0.25, 0.3) is 0 Å². The van der Waals surface area contributed by atoms with Gasteiger partial charge in [-0.1, -0.05) is 18.2 Å². The fraction of sp³-hybridized carbons (Fsp3) is 0.318. The van der Waals surface area contributed by atoms with E-state index in [9.17, 15) is 9.18 Å². The zero-order valence-electron chi connectivity index (χ0n) is 16.4. The third kappa shape index (κ3) is 4.68. The van der Waals surface area contributed by atoms with Crippen molar-refractivity contribution in [3.05, 3.63) is 87.3 Å². The van der Waals surface area contributed by atoms with Gasteiger partial charge < -0.3 is 4.90 Å². The molecule has 3 heterocycles. The van der Waals surface area contributed by atoms with Crippen LogP contribution < -0.4 is 10.5 Å². The van der Waals surface area contributed by atoms with Crippen molar-refractivity contribution in [2.24, 2.45) is 0 Å². The second-order valence-electron chi connectivity index (χ2n) is 7.44. The lowest BCUT2D eigenvalue weighted by Crippen LogP contribution is -2.27. The summed E-state index contributed by atoms with van der Waals surface area (Å²) in [5.74, 6) is 0.344. The number of anilines is 1. The minimum absolute atomic E-state index is 0.0735. The largest absolute Gasteiger partial charge is 0.341 e. The van der Waals surface area contributed by atoms with Gasteiger partial charge in [-0.05, 0) is 35.7 Å². The van der Waals surface area contributed by atoms with Crippen LogP contribution in [0.15, 0.2) is 53.6 Å². The molecule has 150 valence electrons. The molecule has 4 rings (SSSR count). The zero-order valence-corrected chi connectivity index (χ0v) is 16.4. The monoisotopic (exact) mass is 393 g/mol. The van der Waals surface area contributed by atoms with E-state index in [-0.39, 0.29) is 11.4 Å². The number of nitrogens with one attached hydrogen (secondary N) is 1. The van der Waals surface area contributed by atoms with Crippen LogP contribution in [0.5, 0.6) is 0 Å². The first kappa shape index (κ1) is 19.3. The highest BCUT2D eigenvalue weighted by Crippen LogP contribution is 2.16. The van der Waals surface area contributed by atoms with E-state index < -0.39 is 0 Å². The van der Waals surface area contributed by atoms with Gasteiger partial charge in [-0.25, -0.2) is 9.37 Å². The van der Waals surface area contributed by atoms with E-state index in [1.165, 1.54) is 6.07 Å². The van der Waals surface area contributed by atoms with Crippen molar-refractivity contribution in [3.8, 4) is 0 Å². The molecule has 0 bridgehead atoms. The van der Waals surface area contributed by atoms with Gasteiger partial charge in [0.2, 0.25) is 5.95 Å². The number of halogens is 1. The molecule has 29 heavy (non-hydrogen) atoms. The molecule has 0 radical (unpaired) electrons. The molecule has 0 aliphatic carbocycles. The zero-order chi connectivity index (χ0) is 20.2. The van der Waals surface area contributed by atoms with Gasteiger partial charge in [0.15, 0.2) is 0 Å². The van der Waals surface area contributed by atoms with E-state index in [0.29, 0.717) is 31.9 Å². The fourth-order valence-electron chi connectivity index (χ4n) is 3.71. The third-order valence-electron chi connectivity index (χ3n) is 5.23. The number of fused-ring (bicyclic) bond motifs is 1. The molecule has 0 fully saturated rings. The number of aromatic nitrogens is 3. The maximum atomic E-state index is 13.5. The minimum atomic E-state index is -0.222. The van der Waals surface area contributed by atoms with Crippen molar-refractivity contribution in [2.45, 2.75) is 25.9 Å². The maximum absolute atomic E-state index is 13.5. The number of aromatic amines is 1. The summed E-state index contributed by atoms with van der Waals surface area (Å²) in [6, 6.07) is 10.6. The van der Waals surface area contributed by atoms with Crippen molar-refractivity contribution in [1.82, 2.24) is 19.9 Å². The van der Waals surface area contributed by atoms with Gasteiger partial charge in [0.25, 0.3) is 5.56 Å². The van der Waals surface area contributed by atoms with Crippen LogP contribution in [0.1, 0.15) is 22.4 Å². The first-order valence-electron chi connectivity index (χ1n) is 9.77. The van der Waals surface area contributed by atoms with Crippen molar-refractivity contribution in [3.63, 3.8) is 0 Å². The van der Waals surface area contributed by atoms with Gasteiger partial charge in [0.1, 0.15) is 5.82 Å². The van der Waals surface area contributed by atoms with Crippen LogP contribution in [0.2, 0.25) is 0 Å². The molecule has 1 aromatic carbocycles. The van der Waals surface area contributed by atoms with Crippen LogP contribution >= 0.6 is 0 Å². The quantitative estimate of drug-likeness (QED) is 0.722. The molecule has 1 aliphatic rings. The Bertz CT molecular complexity index is 1040. The third-order valence-corrected chi connectivity index (χ3v) is 5.23. The van der Waals surface area contributed by atoms with E-state index in [1.807, 2.05) is 36.3 Å². The molecule has 0 spiro atoms. The Morgan fingerprint density at radius 3 is 2.79 bits per heavy atom. The molecule has 0 atom stereocenters. The highest BCUT2D eigenvalue weighted by molar-refractivity contribution is 5.34. The van der Waals surface area contributed by atoms with Crippen LogP contribution in [0, 0.1) is 5.82 Å². The molecule has 1 N–H and O–H groups in total. The van der Waals surface area contributed by atoms with Crippen LogP contribution in [0.4, 0.5) is 10.3 Å². The van der Waals surface area contributed by atoms with E-state index in [2.05, 4.69) is 14.9 Å². The summed E-state index contributed by atoms with van der Waals surface area (Å²) in [6.45, 7) is 2.81. The normalized spacial score (nSPS) is 14.3. The van der Waals surface area contributed by atoms with Gasteiger partial charge in [-0.2, -0.15) is 0 Å². The number of pyridine rings is 1. The lowest BCUT2D eigenvalue weighted by atomic mass is 10.1.